The molecule has 0 amide bonds. The molecule has 0 aliphatic carbocycles. The summed E-state index contributed by atoms with van der Waals surface area (Å²) in [5.41, 5.74) is -0.793. The first-order valence-corrected chi connectivity index (χ1v) is 7.19. The van der Waals surface area contributed by atoms with Gasteiger partial charge in [0.05, 0.1) is 6.61 Å². The maximum absolute atomic E-state index is 11.2. The Hall–Kier alpha value is -0.650. The van der Waals surface area contributed by atoms with E-state index >= 15 is 0 Å². The molecule has 1 atom stereocenters. The standard InChI is InChI=1S/C14H30N2O3/c1-5-15-14(3,13(17)18)9-7-8-10-16(6-2)11-12-19-4/h15H,5-12H2,1-4H3,(H,17,18). The highest BCUT2D eigenvalue weighted by molar-refractivity contribution is 5.78. The molecule has 2 N–H and O–H groups in total. The molecule has 0 saturated heterocycles. The molecule has 0 radical (unpaired) electrons. The summed E-state index contributed by atoms with van der Waals surface area (Å²) in [4.78, 5) is 13.6. The van der Waals surface area contributed by atoms with E-state index in [0.29, 0.717) is 13.0 Å². The van der Waals surface area contributed by atoms with Crippen molar-refractivity contribution in [1.29, 1.82) is 0 Å². The lowest BCUT2D eigenvalue weighted by Gasteiger charge is -2.26. The molecule has 0 fully saturated rings. The number of nitrogens with one attached hydrogen (secondary N) is 1. The molecule has 1 unspecified atom stereocenters. The normalized spacial score (nSPS) is 14.6. The van der Waals surface area contributed by atoms with Gasteiger partial charge in [-0.15, -0.1) is 0 Å². The van der Waals surface area contributed by atoms with E-state index in [0.717, 1.165) is 39.1 Å². The first kappa shape index (κ1) is 18.4. The van der Waals surface area contributed by atoms with E-state index in [-0.39, 0.29) is 0 Å². The van der Waals surface area contributed by atoms with Crippen LogP contribution >= 0.6 is 0 Å². The lowest BCUT2D eigenvalue weighted by Crippen LogP contribution is -2.49. The van der Waals surface area contributed by atoms with Crippen LogP contribution in [-0.2, 0) is 9.53 Å². The smallest absolute Gasteiger partial charge is 0.323 e. The minimum atomic E-state index is -0.793. The first-order valence-electron chi connectivity index (χ1n) is 7.19. The maximum atomic E-state index is 11.2. The van der Waals surface area contributed by atoms with Gasteiger partial charge in [-0.05, 0) is 45.8 Å². The van der Waals surface area contributed by atoms with E-state index < -0.39 is 11.5 Å². The number of ether oxygens (including phenoxy) is 1. The van der Waals surface area contributed by atoms with Crippen LogP contribution in [0.25, 0.3) is 0 Å². The van der Waals surface area contributed by atoms with Gasteiger partial charge in [-0.3, -0.25) is 4.79 Å². The summed E-state index contributed by atoms with van der Waals surface area (Å²) in [7, 11) is 1.71. The van der Waals surface area contributed by atoms with Crippen LogP contribution in [-0.4, -0.2) is 61.4 Å². The van der Waals surface area contributed by atoms with E-state index in [1.807, 2.05) is 6.92 Å². The van der Waals surface area contributed by atoms with Crippen LogP contribution in [0.5, 0.6) is 0 Å². The predicted octanol–water partition coefficient (Wildman–Crippen LogP) is 1.58. The zero-order chi connectivity index (χ0) is 14.7. The van der Waals surface area contributed by atoms with Crippen LogP contribution in [0.3, 0.4) is 0 Å². The van der Waals surface area contributed by atoms with Crippen molar-refractivity contribution < 1.29 is 14.6 Å². The van der Waals surface area contributed by atoms with Crippen LogP contribution in [0.2, 0.25) is 0 Å². The number of carboxylic acid groups (broad SMARTS) is 1. The third-order valence-electron chi connectivity index (χ3n) is 3.50. The molecule has 0 heterocycles. The number of carbonyl (C=O) groups is 1. The summed E-state index contributed by atoms with van der Waals surface area (Å²) in [6.07, 6.45) is 2.60. The van der Waals surface area contributed by atoms with Gasteiger partial charge >= 0.3 is 5.97 Å². The van der Waals surface area contributed by atoms with Gasteiger partial charge in [-0.2, -0.15) is 0 Å². The van der Waals surface area contributed by atoms with Crippen molar-refractivity contribution in [3.63, 3.8) is 0 Å². The van der Waals surface area contributed by atoms with E-state index in [2.05, 4.69) is 17.1 Å². The Labute approximate surface area is 117 Å². The number of hydrogen-bond acceptors (Lipinski definition) is 4. The molecule has 0 aromatic carbocycles. The third-order valence-corrected chi connectivity index (χ3v) is 3.50. The highest BCUT2D eigenvalue weighted by Gasteiger charge is 2.30. The maximum Gasteiger partial charge on any atom is 0.323 e. The van der Waals surface area contributed by atoms with Crippen molar-refractivity contribution in [3.8, 4) is 0 Å². The summed E-state index contributed by atoms with van der Waals surface area (Å²) in [5.74, 6) is -0.763. The zero-order valence-electron chi connectivity index (χ0n) is 12.9. The monoisotopic (exact) mass is 274 g/mol. The Morgan fingerprint density at radius 1 is 1.32 bits per heavy atom. The van der Waals surface area contributed by atoms with Crippen LogP contribution in [0.1, 0.15) is 40.0 Å². The highest BCUT2D eigenvalue weighted by Crippen LogP contribution is 2.14. The molecule has 114 valence electrons. The second kappa shape index (κ2) is 10.2. The molecule has 19 heavy (non-hydrogen) atoms. The lowest BCUT2D eigenvalue weighted by atomic mass is 9.95. The van der Waals surface area contributed by atoms with Gasteiger partial charge in [0.15, 0.2) is 0 Å². The number of rotatable bonds is 12. The van der Waals surface area contributed by atoms with Crippen LogP contribution in [0, 0.1) is 0 Å². The third kappa shape index (κ3) is 7.50. The minimum Gasteiger partial charge on any atom is -0.480 e. The van der Waals surface area contributed by atoms with Gasteiger partial charge < -0.3 is 20.1 Å². The van der Waals surface area contributed by atoms with Gasteiger partial charge in [0, 0.05) is 13.7 Å². The summed E-state index contributed by atoms with van der Waals surface area (Å²) >= 11 is 0. The number of likely N-dealkylation sites (N-methyl/N-ethyl adjacent to an activating group) is 2. The fourth-order valence-corrected chi connectivity index (χ4v) is 2.12. The van der Waals surface area contributed by atoms with Gasteiger partial charge in [0.1, 0.15) is 5.54 Å². The van der Waals surface area contributed by atoms with Gasteiger partial charge in [0.25, 0.3) is 0 Å². The molecule has 0 aromatic heterocycles. The second-order valence-electron chi connectivity index (χ2n) is 5.05. The van der Waals surface area contributed by atoms with E-state index in [4.69, 9.17) is 4.74 Å². The molecule has 0 aliphatic heterocycles. The largest absolute Gasteiger partial charge is 0.480 e. The molecule has 0 saturated carbocycles. The zero-order valence-corrected chi connectivity index (χ0v) is 12.9. The molecule has 5 heteroatoms. The molecule has 0 aliphatic rings. The molecule has 0 bridgehead atoms. The molecule has 0 rings (SSSR count). The number of aliphatic carboxylic acids is 1. The molecule has 0 aromatic rings. The molecular formula is C14H30N2O3. The van der Waals surface area contributed by atoms with Crippen molar-refractivity contribution in [3.05, 3.63) is 0 Å². The first-order chi connectivity index (χ1) is 9.00. The summed E-state index contributed by atoms with van der Waals surface area (Å²) in [5, 5.41) is 12.3. The van der Waals surface area contributed by atoms with E-state index in [9.17, 15) is 9.90 Å². The fraction of sp³-hybridized carbons (Fsp3) is 0.929. The summed E-state index contributed by atoms with van der Waals surface area (Å²) < 4.78 is 5.07. The number of hydrogen-bond donors (Lipinski definition) is 2. The van der Waals surface area contributed by atoms with Crippen molar-refractivity contribution in [2.75, 3.05) is 39.9 Å². The van der Waals surface area contributed by atoms with Gasteiger partial charge in [-0.1, -0.05) is 13.8 Å². The van der Waals surface area contributed by atoms with E-state index in [1.54, 1.807) is 14.0 Å². The Balaban J connectivity index is 3.95. The minimum absolute atomic E-state index is 0.665. The predicted molar refractivity (Wildman–Crippen MR) is 77.6 cm³/mol. The van der Waals surface area contributed by atoms with Crippen LogP contribution in [0.4, 0.5) is 0 Å². The number of methoxy groups -OCH3 is 1. The quantitative estimate of drug-likeness (QED) is 0.529. The number of nitrogens with zero attached hydrogens (tertiary/aromatic N) is 1. The summed E-state index contributed by atoms with van der Waals surface area (Å²) in [6.45, 7) is 10.2. The fourth-order valence-electron chi connectivity index (χ4n) is 2.12. The van der Waals surface area contributed by atoms with Crippen molar-refractivity contribution in [1.82, 2.24) is 10.2 Å². The number of unbranched alkanes of at least 4 members (excludes halogenated alkanes) is 1. The van der Waals surface area contributed by atoms with Crippen LogP contribution < -0.4 is 5.32 Å². The second-order valence-corrected chi connectivity index (χ2v) is 5.05. The Kier molecular flexibility index (Phi) is 9.83. The lowest BCUT2D eigenvalue weighted by molar-refractivity contribution is -0.144. The van der Waals surface area contributed by atoms with Crippen molar-refractivity contribution >= 4 is 5.97 Å². The van der Waals surface area contributed by atoms with Crippen LogP contribution in [0.15, 0.2) is 0 Å². The Bertz CT molecular complexity index is 249. The molecule has 0 spiro atoms. The number of carboxylic acids is 1. The van der Waals surface area contributed by atoms with Crippen molar-refractivity contribution in [2.24, 2.45) is 0 Å². The van der Waals surface area contributed by atoms with Gasteiger partial charge in [0.2, 0.25) is 0 Å². The Morgan fingerprint density at radius 3 is 2.47 bits per heavy atom. The topological polar surface area (TPSA) is 61.8 Å². The van der Waals surface area contributed by atoms with Gasteiger partial charge in [-0.25, -0.2) is 0 Å². The average Bonchev–Trinajstić information content (AvgIpc) is 2.38. The SMILES string of the molecule is CCNC(C)(CCCCN(CC)CCOC)C(=O)O. The average molecular weight is 274 g/mol. The summed E-state index contributed by atoms with van der Waals surface area (Å²) in [6, 6.07) is 0. The van der Waals surface area contributed by atoms with E-state index in [1.165, 1.54) is 0 Å². The Morgan fingerprint density at radius 2 is 2.00 bits per heavy atom. The highest BCUT2D eigenvalue weighted by atomic mass is 16.5. The molecule has 5 nitrogen and oxygen atoms in total. The molecular weight excluding hydrogens is 244 g/mol. The van der Waals surface area contributed by atoms with Crippen molar-refractivity contribution in [2.45, 2.75) is 45.6 Å².